The molecule has 1 saturated heterocycles. The molecular weight excluding hydrogens is 432 g/mol. The molecule has 0 saturated carbocycles. The van der Waals surface area contributed by atoms with Gasteiger partial charge >= 0.3 is 0 Å². The molecular formula is C23H23ClN4O2S. The largest absolute Gasteiger partial charge is 0.302 e. The third-order valence-corrected chi connectivity index (χ3v) is 6.78. The van der Waals surface area contributed by atoms with E-state index >= 15 is 0 Å². The lowest BCUT2D eigenvalue weighted by Crippen LogP contribution is -2.41. The fraction of sp³-hybridized carbons (Fsp3) is 0.304. The first-order chi connectivity index (χ1) is 15.1. The highest BCUT2D eigenvalue weighted by Crippen LogP contribution is 2.32. The van der Waals surface area contributed by atoms with Gasteiger partial charge in [-0.25, -0.2) is 0 Å². The molecule has 2 heterocycles. The van der Waals surface area contributed by atoms with E-state index in [9.17, 15) is 9.59 Å². The molecule has 3 aromatic rings. The van der Waals surface area contributed by atoms with Crippen LogP contribution < -0.4 is 0 Å². The molecule has 6 nitrogen and oxygen atoms in total. The number of carbonyl (C=O) groups excluding carboxylic acids is 2. The van der Waals surface area contributed by atoms with E-state index in [0.717, 1.165) is 24.2 Å². The number of likely N-dealkylation sites (tertiary alicyclic amines) is 1. The Hall–Kier alpha value is -2.64. The summed E-state index contributed by atoms with van der Waals surface area (Å²) in [6.07, 6.45) is 2.36. The van der Waals surface area contributed by atoms with Crippen molar-refractivity contribution in [3.63, 3.8) is 0 Å². The molecule has 2 amide bonds. The number of rotatable bonds is 5. The summed E-state index contributed by atoms with van der Waals surface area (Å²) in [4.78, 5) is 27.7. The van der Waals surface area contributed by atoms with Gasteiger partial charge in [0.2, 0.25) is 5.91 Å². The van der Waals surface area contributed by atoms with E-state index in [-0.39, 0.29) is 17.1 Å². The van der Waals surface area contributed by atoms with Gasteiger partial charge in [0.15, 0.2) is 11.0 Å². The molecule has 0 N–H and O–H groups in total. The molecule has 31 heavy (non-hydrogen) atoms. The van der Waals surface area contributed by atoms with Gasteiger partial charge in [-0.3, -0.25) is 14.5 Å². The van der Waals surface area contributed by atoms with Crippen molar-refractivity contribution in [1.82, 2.24) is 19.7 Å². The van der Waals surface area contributed by atoms with Crippen LogP contribution in [0.2, 0.25) is 5.02 Å². The Morgan fingerprint density at radius 2 is 1.84 bits per heavy atom. The molecule has 1 aliphatic heterocycles. The maximum atomic E-state index is 13.3. The SMILES string of the molecule is CCn1c(S[C@@H]2CCCCN(C(=O)c3ccc(Cl)cc3)C2=O)nnc1-c1ccccc1. The molecule has 0 aliphatic carbocycles. The molecule has 1 fully saturated rings. The van der Waals surface area contributed by atoms with Crippen LogP contribution in [0, 0.1) is 0 Å². The summed E-state index contributed by atoms with van der Waals surface area (Å²) in [7, 11) is 0. The number of hydrogen-bond acceptors (Lipinski definition) is 5. The van der Waals surface area contributed by atoms with Gasteiger partial charge in [-0.1, -0.05) is 60.1 Å². The Kier molecular flexibility index (Phi) is 6.73. The van der Waals surface area contributed by atoms with Crippen LogP contribution in [0.15, 0.2) is 59.8 Å². The highest BCUT2D eigenvalue weighted by Gasteiger charge is 2.33. The van der Waals surface area contributed by atoms with Crippen LogP contribution in [0.4, 0.5) is 0 Å². The normalized spacial score (nSPS) is 16.9. The minimum atomic E-state index is -0.378. The predicted molar refractivity (Wildman–Crippen MR) is 122 cm³/mol. The summed E-state index contributed by atoms with van der Waals surface area (Å²) in [6.45, 7) is 3.14. The molecule has 1 aliphatic rings. The molecule has 0 spiro atoms. The van der Waals surface area contributed by atoms with E-state index in [1.165, 1.54) is 16.7 Å². The lowest BCUT2D eigenvalue weighted by Gasteiger charge is -2.22. The molecule has 0 unspecified atom stereocenters. The van der Waals surface area contributed by atoms with Gasteiger partial charge in [0, 0.05) is 29.2 Å². The number of nitrogens with zero attached hydrogens (tertiary/aromatic N) is 4. The van der Waals surface area contributed by atoms with Gasteiger partial charge in [-0.05, 0) is 44.0 Å². The quantitative estimate of drug-likeness (QED) is 0.511. The van der Waals surface area contributed by atoms with E-state index in [2.05, 4.69) is 10.2 Å². The summed E-state index contributed by atoms with van der Waals surface area (Å²) in [5.41, 5.74) is 1.45. The molecule has 0 bridgehead atoms. The molecule has 160 valence electrons. The number of benzene rings is 2. The average Bonchev–Trinajstić information content (AvgIpc) is 3.11. The second-order valence-electron chi connectivity index (χ2n) is 7.32. The van der Waals surface area contributed by atoms with Gasteiger partial charge in [0.1, 0.15) is 0 Å². The number of carbonyl (C=O) groups is 2. The maximum Gasteiger partial charge on any atom is 0.260 e. The average molecular weight is 455 g/mol. The predicted octanol–water partition coefficient (Wildman–Crippen LogP) is 4.93. The van der Waals surface area contributed by atoms with E-state index in [1.54, 1.807) is 24.3 Å². The zero-order valence-corrected chi connectivity index (χ0v) is 18.8. The molecule has 1 aromatic heterocycles. The van der Waals surface area contributed by atoms with Crippen molar-refractivity contribution < 1.29 is 9.59 Å². The Morgan fingerprint density at radius 1 is 1.10 bits per heavy atom. The second kappa shape index (κ2) is 9.66. The van der Waals surface area contributed by atoms with Crippen molar-refractivity contribution in [1.29, 1.82) is 0 Å². The molecule has 2 aromatic carbocycles. The Labute approximate surface area is 190 Å². The fourth-order valence-electron chi connectivity index (χ4n) is 3.66. The first-order valence-corrected chi connectivity index (χ1v) is 11.6. The molecule has 8 heteroatoms. The van der Waals surface area contributed by atoms with Crippen LogP contribution in [0.3, 0.4) is 0 Å². The smallest absolute Gasteiger partial charge is 0.260 e. The van der Waals surface area contributed by atoms with Crippen molar-refractivity contribution in [2.45, 2.75) is 43.1 Å². The van der Waals surface area contributed by atoms with Gasteiger partial charge in [-0.15, -0.1) is 10.2 Å². The van der Waals surface area contributed by atoms with E-state index < -0.39 is 0 Å². The minimum Gasteiger partial charge on any atom is -0.302 e. The van der Waals surface area contributed by atoms with Crippen LogP contribution in [-0.2, 0) is 11.3 Å². The molecule has 0 radical (unpaired) electrons. The van der Waals surface area contributed by atoms with E-state index in [4.69, 9.17) is 11.6 Å². The van der Waals surface area contributed by atoms with Crippen LogP contribution >= 0.6 is 23.4 Å². The summed E-state index contributed by atoms with van der Waals surface area (Å²) in [5, 5.41) is 9.61. The van der Waals surface area contributed by atoms with Crippen molar-refractivity contribution in [2.24, 2.45) is 0 Å². The number of thioether (sulfide) groups is 1. The third-order valence-electron chi connectivity index (χ3n) is 5.29. The number of halogens is 1. The Morgan fingerprint density at radius 3 is 2.55 bits per heavy atom. The molecule has 4 rings (SSSR count). The summed E-state index contributed by atoms with van der Waals surface area (Å²) in [5.74, 6) is 0.325. The lowest BCUT2D eigenvalue weighted by molar-refractivity contribution is -0.127. The standard InChI is InChI=1S/C23H23ClN4O2S/c1-2-27-20(16-8-4-3-5-9-16)25-26-23(27)31-19-10-6-7-15-28(22(19)30)21(29)17-11-13-18(24)14-12-17/h3-5,8-9,11-14,19H,2,6-7,10,15H2,1H3/t19-/m1/s1. The van der Waals surface area contributed by atoms with Crippen molar-refractivity contribution in [3.8, 4) is 11.4 Å². The Balaban J connectivity index is 1.57. The highest BCUT2D eigenvalue weighted by atomic mass is 35.5. The highest BCUT2D eigenvalue weighted by molar-refractivity contribution is 8.00. The van der Waals surface area contributed by atoms with Crippen LogP contribution in [-0.4, -0.2) is 43.3 Å². The zero-order chi connectivity index (χ0) is 21.8. The Bertz CT molecular complexity index is 1070. The van der Waals surface area contributed by atoms with Gasteiger partial charge in [0.25, 0.3) is 5.91 Å². The van der Waals surface area contributed by atoms with Crippen molar-refractivity contribution in [2.75, 3.05) is 6.54 Å². The first-order valence-electron chi connectivity index (χ1n) is 10.3. The van der Waals surface area contributed by atoms with Crippen LogP contribution in [0.25, 0.3) is 11.4 Å². The summed E-state index contributed by atoms with van der Waals surface area (Å²) >= 11 is 7.33. The topological polar surface area (TPSA) is 68.1 Å². The third kappa shape index (κ3) is 4.67. The first kappa shape index (κ1) is 21.6. The fourth-order valence-corrected chi connectivity index (χ4v) is 4.98. The molecule has 1 atom stereocenters. The van der Waals surface area contributed by atoms with Crippen LogP contribution in [0.1, 0.15) is 36.5 Å². The van der Waals surface area contributed by atoms with E-state index in [0.29, 0.717) is 35.3 Å². The van der Waals surface area contributed by atoms with Gasteiger partial charge < -0.3 is 4.57 Å². The van der Waals surface area contributed by atoms with Crippen molar-refractivity contribution >= 4 is 35.2 Å². The van der Waals surface area contributed by atoms with Crippen LogP contribution in [0.5, 0.6) is 0 Å². The number of aromatic nitrogens is 3. The lowest BCUT2D eigenvalue weighted by atomic mass is 10.2. The number of amides is 2. The van der Waals surface area contributed by atoms with Gasteiger partial charge in [0.05, 0.1) is 5.25 Å². The monoisotopic (exact) mass is 454 g/mol. The zero-order valence-electron chi connectivity index (χ0n) is 17.2. The maximum absolute atomic E-state index is 13.3. The minimum absolute atomic E-state index is 0.172. The number of hydrogen-bond donors (Lipinski definition) is 0. The second-order valence-corrected chi connectivity index (χ2v) is 8.93. The summed E-state index contributed by atoms with van der Waals surface area (Å²) < 4.78 is 2.02. The van der Waals surface area contributed by atoms with E-state index in [1.807, 2.05) is 41.8 Å². The van der Waals surface area contributed by atoms with Gasteiger partial charge in [-0.2, -0.15) is 0 Å². The summed E-state index contributed by atoms with van der Waals surface area (Å²) in [6, 6.07) is 16.5. The number of imide groups is 1. The van der Waals surface area contributed by atoms with Crippen molar-refractivity contribution in [3.05, 3.63) is 65.2 Å².